The van der Waals surface area contributed by atoms with Crippen LogP contribution in [0, 0.1) is 0 Å². The zero-order valence-corrected chi connectivity index (χ0v) is 22.4. The van der Waals surface area contributed by atoms with Gasteiger partial charge in [-0.2, -0.15) is 5.11 Å². The summed E-state index contributed by atoms with van der Waals surface area (Å²) in [6, 6.07) is 7.55. The normalized spacial score (nSPS) is 22.4. The Bertz CT molecular complexity index is 1110. The largest absolute Gasteiger partial charge is 0.378 e. The molecule has 2 N–H and O–H groups in total. The van der Waals surface area contributed by atoms with Gasteiger partial charge < -0.3 is 15.5 Å². The lowest BCUT2D eigenvalue weighted by Gasteiger charge is -2.30. The van der Waals surface area contributed by atoms with Gasteiger partial charge in [0.2, 0.25) is 5.92 Å². The lowest BCUT2D eigenvalue weighted by molar-refractivity contribution is -0.0337. The van der Waals surface area contributed by atoms with Crippen LogP contribution in [0.1, 0.15) is 82.9 Å². The molecule has 1 aliphatic carbocycles. The molecule has 1 aromatic rings. The Kier molecular flexibility index (Phi) is 8.45. The summed E-state index contributed by atoms with van der Waals surface area (Å²) in [5.74, 6) is -1.29. The highest BCUT2D eigenvalue weighted by atomic mass is 19.3. The number of alkyl halides is 2. The lowest BCUT2D eigenvalue weighted by Crippen LogP contribution is -2.26. The fourth-order valence-electron chi connectivity index (χ4n) is 5.32. The van der Waals surface area contributed by atoms with Crippen molar-refractivity contribution in [3.8, 4) is 0 Å². The van der Waals surface area contributed by atoms with Crippen molar-refractivity contribution in [2.45, 2.75) is 90.1 Å². The first-order chi connectivity index (χ1) is 17.7. The lowest BCUT2D eigenvalue weighted by atomic mass is 9.97. The number of allylic oxidation sites excluding steroid dienone is 1. The predicted octanol–water partition coefficient (Wildman–Crippen LogP) is 7.31. The van der Waals surface area contributed by atoms with Crippen molar-refractivity contribution in [2.24, 2.45) is 15.2 Å². The molecule has 4 aliphatic rings. The van der Waals surface area contributed by atoms with Crippen molar-refractivity contribution < 1.29 is 8.78 Å². The van der Waals surface area contributed by atoms with Gasteiger partial charge in [0.05, 0.1) is 35.5 Å². The van der Waals surface area contributed by atoms with Crippen molar-refractivity contribution in [2.75, 3.05) is 13.1 Å². The first-order valence-electron chi connectivity index (χ1n) is 13.5. The summed E-state index contributed by atoms with van der Waals surface area (Å²) in [7, 11) is 0. The fourth-order valence-corrected chi connectivity index (χ4v) is 5.32. The van der Waals surface area contributed by atoms with E-state index in [2.05, 4.69) is 71.0 Å². The molecule has 1 aromatic carbocycles. The van der Waals surface area contributed by atoms with Crippen LogP contribution < -0.4 is 10.6 Å². The number of hydrogen-bond donors (Lipinski definition) is 2. The molecule has 1 saturated carbocycles. The average Bonchev–Trinajstić information content (AvgIpc) is 3.41. The number of benzene rings is 1. The van der Waals surface area contributed by atoms with E-state index in [0.29, 0.717) is 31.5 Å². The van der Waals surface area contributed by atoms with E-state index in [1.807, 2.05) is 6.92 Å². The smallest absolute Gasteiger partial charge is 0.248 e. The topological polar surface area (TPSA) is 64.4 Å². The first kappa shape index (κ1) is 27.0. The Hall–Kier alpha value is -3.03. The van der Waals surface area contributed by atoms with Crippen LogP contribution in [0.5, 0.6) is 0 Å². The van der Waals surface area contributed by atoms with Crippen molar-refractivity contribution in [3.63, 3.8) is 0 Å². The van der Waals surface area contributed by atoms with Gasteiger partial charge in [0.15, 0.2) is 0 Å². The second-order valence-corrected chi connectivity index (χ2v) is 10.6. The van der Waals surface area contributed by atoms with E-state index < -0.39 is 5.92 Å². The molecule has 2 atom stereocenters. The quantitative estimate of drug-likeness (QED) is 0.385. The highest BCUT2D eigenvalue weighted by molar-refractivity contribution is 5.95. The summed E-state index contributed by atoms with van der Waals surface area (Å²) in [5, 5.41) is 14.7. The van der Waals surface area contributed by atoms with Gasteiger partial charge in [-0.25, -0.2) is 8.78 Å². The molecule has 0 spiro atoms. The van der Waals surface area contributed by atoms with Gasteiger partial charge in [-0.3, -0.25) is 4.99 Å². The van der Waals surface area contributed by atoms with Gasteiger partial charge >= 0.3 is 0 Å². The number of rotatable bonds is 8. The maximum atomic E-state index is 12.2. The van der Waals surface area contributed by atoms with Crippen LogP contribution >= 0.6 is 0 Å². The summed E-state index contributed by atoms with van der Waals surface area (Å²) < 4.78 is 24.4. The Morgan fingerprint density at radius 1 is 1.24 bits per heavy atom. The number of hydrogen-bond acceptors (Lipinski definition) is 6. The monoisotopic (exact) mass is 510 g/mol. The molecule has 5 rings (SSSR count). The highest BCUT2D eigenvalue weighted by Crippen LogP contribution is 2.36. The van der Waals surface area contributed by atoms with Gasteiger partial charge in [-0.15, -0.1) is 5.11 Å². The summed E-state index contributed by atoms with van der Waals surface area (Å²) in [4.78, 5) is 7.30. The Labute approximate surface area is 219 Å². The molecule has 0 bridgehead atoms. The first-order valence-corrected chi connectivity index (χ1v) is 13.5. The standard InChI is InChI=1S/C23H30N6.C6H10F2/c1-6-7-22(29-13-14(2)25-17(29)5)19-9-8-18-10-20(26-21(18)11-19)12-24-15(3)23-16(4)27-28-23;7-6(8)4-2-1-3-5-6/h8-9,11,14,22,24-25H,3,5-7,10,12-13H2,1-2,4H3;1-5H2/t14?,22-;/m1./s1. The van der Waals surface area contributed by atoms with Crippen LogP contribution in [0.4, 0.5) is 14.5 Å². The van der Waals surface area contributed by atoms with E-state index in [-0.39, 0.29) is 12.8 Å². The molecule has 3 heterocycles. The van der Waals surface area contributed by atoms with Crippen LogP contribution in [0.15, 0.2) is 69.5 Å². The minimum Gasteiger partial charge on any atom is -0.378 e. The van der Waals surface area contributed by atoms with Crippen LogP contribution in [0.3, 0.4) is 0 Å². The van der Waals surface area contributed by atoms with Gasteiger partial charge in [0.25, 0.3) is 0 Å². The van der Waals surface area contributed by atoms with Gasteiger partial charge in [0.1, 0.15) is 5.70 Å². The fraction of sp³-hybridized carbons (Fsp3) is 0.552. The SMILES string of the molecule is C=C(NCC1=Nc2cc([C@@H](CCC)N3CC(C)NC3=C)ccc2C1)C1=C(C)N=N1.FC1(F)CCCCC1. The number of nitrogens with one attached hydrogen (secondary N) is 2. The number of halogens is 2. The van der Waals surface area contributed by atoms with Crippen molar-refractivity contribution in [1.29, 1.82) is 0 Å². The molecule has 0 radical (unpaired) electrons. The summed E-state index contributed by atoms with van der Waals surface area (Å²) in [6.45, 7) is 16.3. The van der Waals surface area contributed by atoms with E-state index in [4.69, 9.17) is 4.99 Å². The van der Waals surface area contributed by atoms with E-state index in [9.17, 15) is 8.78 Å². The molecule has 0 aromatic heterocycles. The van der Waals surface area contributed by atoms with E-state index >= 15 is 0 Å². The number of nitrogens with zero attached hydrogens (tertiary/aromatic N) is 4. The van der Waals surface area contributed by atoms with E-state index in [1.165, 1.54) is 11.1 Å². The average molecular weight is 511 g/mol. The summed E-state index contributed by atoms with van der Waals surface area (Å²) >= 11 is 0. The minimum atomic E-state index is -2.32. The number of azo groups is 1. The van der Waals surface area contributed by atoms with Crippen LogP contribution in [0.2, 0.25) is 0 Å². The number of fused-ring (bicyclic) bond motifs is 1. The van der Waals surface area contributed by atoms with E-state index in [1.54, 1.807) is 0 Å². The van der Waals surface area contributed by atoms with Crippen molar-refractivity contribution >= 4 is 11.4 Å². The second kappa shape index (κ2) is 11.6. The van der Waals surface area contributed by atoms with Gasteiger partial charge in [-0.05, 0) is 50.3 Å². The zero-order valence-electron chi connectivity index (χ0n) is 22.4. The van der Waals surface area contributed by atoms with Crippen molar-refractivity contribution in [1.82, 2.24) is 15.5 Å². The van der Waals surface area contributed by atoms with E-state index in [0.717, 1.165) is 66.5 Å². The molecule has 8 heteroatoms. The molecular weight excluding hydrogens is 470 g/mol. The van der Waals surface area contributed by atoms with Gasteiger partial charge in [0, 0.05) is 37.6 Å². The molecule has 6 nitrogen and oxygen atoms in total. The third-order valence-corrected chi connectivity index (χ3v) is 7.36. The molecular formula is C29H40F2N6. The molecule has 0 amide bonds. The second-order valence-electron chi connectivity index (χ2n) is 10.6. The maximum absolute atomic E-state index is 12.2. The third-order valence-electron chi connectivity index (χ3n) is 7.36. The maximum Gasteiger partial charge on any atom is 0.248 e. The molecule has 200 valence electrons. The molecule has 3 aliphatic heterocycles. The molecule has 37 heavy (non-hydrogen) atoms. The van der Waals surface area contributed by atoms with Crippen LogP contribution in [0.25, 0.3) is 0 Å². The summed E-state index contributed by atoms with van der Waals surface area (Å²) in [5.41, 5.74) is 7.43. The number of aliphatic imine (C=N–C) groups is 1. The Balaban J connectivity index is 0.000000342. The zero-order chi connectivity index (χ0) is 26.6. The molecule has 2 fully saturated rings. The van der Waals surface area contributed by atoms with Crippen molar-refractivity contribution in [3.05, 3.63) is 65.4 Å². The highest BCUT2D eigenvalue weighted by Gasteiger charge is 2.30. The molecule has 1 saturated heterocycles. The van der Waals surface area contributed by atoms with Gasteiger partial charge in [-0.1, -0.05) is 45.1 Å². The van der Waals surface area contributed by atoms with Crippen LogP contribution in [-0.2, 0) is 6.42 Å². The Morgan fingerprint density at radius 3 is 2.54 bits per heavy atom. The third kappa shape index (κ3) is 6.65. The van der Waals surface area contributed by atoms with Crippen LogP contribution in [-0.4, -0.2) is 35.7 Å². The summed E-state index contributed by atoms with van der Waals surface area (Å²) in [6.07, 6.45) is 5.78. The predicted molar refractivity (Wildman–Crippen MR) is 146 cm³/mol. The molecule has 1 unspecified atom stereocenters. The Morgan fingerprint density at radius 2 is 2.00 bits per heavy atom. The minimum absolute atomic E-state index is 0.118.